The smallest absolute Gasteiger partial charge is 0.146 e. The molecule has 0 aromatic heterocycles. The van der Waals surface area contributed by atoms with Crippen LogP contribution in [0.5, 0.6) is 5.75 Å². The van der Waals surface area contributed by atoms with E-state index in [2.05, 4.69) is 15.9 Å². The van der Waals surface area contributed by atoms with Gasteiger partial charge in [0, 0.05) is 0 Å². The minimum absolute atomic E-state index is 0.156. The topological polar surface area (TPSA) is 20.2 Å². The van der Waals surface area contributed by atoms with Crippen LogP contribution in [-0.2, 0) is 6.67 Å². The molecule has 0 spiro atoms. The summed E-state index contributed by atoms with van der Waals surface area (Å²) in [5.41, 5.74) is -0.306. The van der Waals surface area contributed by atoms with Gasteiger partial charge in [0.15, 0.2) is 0 Å². The minimum Gasteiger partial charge on any atom is -0.507 e. The average Bonchev–Trinajstić information content (AvgIpc) is 1.99. The van der Waals surface area contributed by atoms with Crippen LogP contribution in [0.15, 0.2) is 16.6 Å². The van der Waals surface area contributed by atoms with Crippen LogP contribution in [0.2, 0.25) is 0 Å². The van der Waals surface area contributed by atoms with E-state index in [1.165, 1.54) is 12.1 Å². The van der Waals surface area contributed by atoms with E-state index in [1.54, 1.807) is 0 Å². The molecule has 0 saturated carbocycles. The van der Waals surface area contributed by atoms with Gasteiger partial charge in [-0.05, 0) is 28.1 Å². The Balaban J connectivity index is 3.29. The van der Waals surface area contributed by atoms with Crippen molar-refractivity contribution in [1.82, 2.24) is 0 Å². The first-order valence-electron chi connectivity index (χ1n) is 2.88. The summed E-state index contributed by atoms with van der Waals surface area (Å²) in [6, 6.07) is 2.56. The number of rotatable bonds is 1. The Labute approximate surface area is 70.8 Å². The zero-order chi connectivity index (χ0) is 8.43. The van der Waals surface area contributed by atoms with Crippen molar-refractivity contribution in [2.45, 2.75) is 6.67 Å². The van der Waals surface area contributed by atoms with Crippen LogP contribution in [0.3, 0.4) is 0 Å². The number of phenolic OH excluding ortho intramolecular Hbond substituents is 1. The van der Waals surface area contributed by atoms with Crippen molar-refractivity contribution in [3.63, 3.8) is 0 Å². The maximum Gasteiger partial charge on any atom is 0.146 e. The van der Waals surface area contributed by atoms with Crippen molar-refractivity contribution in [3.05, 3.63) is 28.0 Å². The second-order valence-corrected chi connectivity index (χ2v) is 2.85. The first-order valence-corrected chi connectivity index (χ1v) is 3.68. The SMILES string of the molecule is Oc1ccc(Br)c(F)c1CF. The number of hydrogen-bond acceptors (Lipinski definition) is 1. The second kappa shape index (κ2) is 3.17. The maximum absolute atomic E-state index is 12.8. The summed E-state index contributed by atoms with van der Waals surface area (Å²) in [4.78, 5) is 0. The van der Waals surface area contributed by atoms with E-state index in [9.17, 15) is 8.78 Å². The largest absolute Gasteiger partial charge is 0.507 e. The van der Waals surface area contributed by atoms with Crippen molar-refractivity contribution in [2.24, 2.45) is 0 Å². The molecule has 0 aliphatic carbocycles. The fraction of sp³-hybridized carbons (Fsp3) is 0.143. The van der Waals surface area contributed by atoms with Gasteiger partial charge >= 0.3 is 0 Å². The van der Waals surface area contributed by atoms with Crippen molar-refractivity contribution < 1.29 is 13.9 Å². The molecule has 0 unspecified atom stereocenters. The van der Waals surface area contributed by atoms with Crippen molar-refractivity contribution in [1.29, 1.82) is 0 Å². The Kier molecular flexibility index (Phi) is 2.44. The van der Waals surface area contributed by atoms with Gasteiger partial charge in [0.1, 0.15) is 18.2 Å². The van der Waals surface area contributed by atoms with Crippen LogP contribution in [0.1, 0.15) is 5.56 Å². The molecule has 11 heavy (non-hydrogen) atoms. The van der Waals surface area contributed by atoms with Gasteiger partial charge in [-0.25, -0.2) is 8.78 Å². The molecule has 60 valence electrons. The summed E-state index contributed by atoms with van der Waals surface area (Å²) in [6.45, 7) is -1.00. The number of phenols is 1. The predicted octanol–water partition coefficient (Wildman–Crippen LogP) is 2.76. The lowest BCUT2D eigenvalue weighted by Gasteiger charge is -2.01. The van der Waals surface area contributed by atoms with Crippen molar-refractivity contribution in [3.8, 4) is 5.75 Å². The number of alkyl halides is 1. The number of hydrogen-bond donors (Lipinski definition) is 1. The molecular weight excluding hydrogens is 218 g/mol. The highest BCUT2D eigenvalue weighted by molar-refractivity contribution is 9.10. The highest BCUT2D eigenvalue weighted by Gasteiger charge is 2.10. The highest BCUT2D eigenvalue weighted by atomic mass is 79.9. The third-order valence-corrected chi connectivity index (χ3v) is 1.92. The molecule has 0 bridgehead atoms. The van der Waals surface area contributed by atoms with E-state index in [-0.39, 0.29) is 15.8 Å². The van der Waals surface area contributed by atoms with Gasteiger partial charge in [-0.3, -0.25) is 0 Å². The van der Waals surface area contributed by atoms with Crippen LogP contribution in [0.25, 0.3) is 0 Å². The summed E-state index contributed by atoms with van der Waals surface area (Å²) in [7, 11) is 0. The normalized spacial score (nSPS) is 10.1. The summed E-state index contributed by atoms with van der Waals surface area (Å²) in [6.07, 6.45) is 0. The van der Waals surface area contributed by atoms with Crippen LogP contribution in [-0.4, -0.2) is 5.11 Å². The van der Waals surface area contributed by atoms with E-state index < -0.39 is 12.5 Å². The van der Waals surface area contributed by atoms with Gasteiger partial charge in [-0.1, -0.05) is 0 Å². The first-order chi connectivity index (χ1) is 5.16. The standard InChI is InChI=1S/C7H5BrF2O/c8-5-1-2-6(11)4(3-9)7(5)10/h1-2,11H,3H2. The first kappa shape index (κ1) is 8.46. The maximum atomic E-state index is 12.8. The second-order valence-electron chi connectivity index (χ2n) is 1.99. The zero-order valence-electron chi connectivity index (χ0n) is 5.44. The van der Waals surface area contributed by atoms with E-state index in [0.29, 0.717) is 0 Å². The Bertz CT molecular complexity index is 275. The quantitative estimate of drug-likeness (QED) is 0.775. The molecule has 4 heteroatoms. The lowest BCUT2D eigenvalue weighted by atomic mass is 10.2. The van der Waals surface area contributed by atoms with Crippen LogP contribution >= 0.6 is 15.9 Å². The van der Waals surface area contributed by atoms with E-state index in [1.807, 2.05) is 0 Å². The van der Waals surface area contributed by atoms with E-state index in [4.69, 9.17) is 5.11 Å². The molecule has 1 aromatic rings. The van der Waals surface area contributed by atoms with Crippen LogP contribution in [0.4, 0.5) is 8.78 Å². The number of aromatic hydroxyl groups is 1. The molecule has 0 aliphatic heterocycles. The fourth-order valence-corrected chi connectivity index (χ4v) is 1.08. The molecule has 0 amide bonds. The monoisotopic (exact) mass is 222 g/mol. The molecule has 0 atom stereocenters. The molecule has 0 heterocycles. The summed E-state index contributed by atoms with van der Waals surface area (Å²) < 4.78 is 25.0. The summed E-state index contributed by atoms with van der Waals surface area (Å²) in [5, 5.41) is 8.91. The van der Waals surface area contributed by atoms with Crippen molar-refractivity contribution in [2.75, 3.05) is 0 Å². The molecule has 1 nitrogen and oxygen atoms in total. The molecular formula is C7H5BrF2O. The van der Waals surface area contributed by atoms with Crippen LogP contribution in [0, 0.1) is 5.82 Å². The Morgan fingerprint density at radius 2 is 2.09 bits per heavy atom. The third kappa shape index (κ3) is 1.50. The average molecular weight is 223 g/mol. The van der Waals surface area contributed by atoms with Gasteiger partial charge in [0.25, 0.3) is 0 Å². The highest BCUT2D eigenvalue weighted by Crippen LogP contribution is 2.27. The Morgan fingerprint density at radius 3 is 2.55 bits per heavy atom. The molecule has 0 radical (unpaired) electrons. The molecule has 0 fully saturated rings. The summed E-state index contributed by atoms with van der Waals surface area (Å²) >= 11 is 2.87. The van der Waals surface area contributed by atoms with E-state index >= 15 is 0 Å². The van der Waals surface area contributed by atoms with Crippen LogP contribution < -0.4 is 0 Å². The van der Waals surface area contributed by atoms with Gasteiger partial charge in [-0.15, -0.1) is 0 Å². The fourth-order valence-electron chi connectivity index (χ4n) is 0.710. The van der Waals surface area contributed by atoms with Gasteiger partial charge in [0.05, 0.1) is 10.0 Å². The van der Waals surface area contributed by atoms with Crippen molar-refractivity contribution >= 4 is 15.9 Å². The molecule has 1 N–H and O–H groups in total. The zero-order valence-corrected chi connectivity index (χ0v) is 7.03. The lowest BCUT2D eigenvalue weighted by molar-refractivity contribution is 0.415. The van der Waals surface area contributed by atoms with Gasteiger partial charge in [0.2, 0.25) is 0 Å². The number of halogens is 3. The molecule has 0 aliphatic rings. The number of benzene rings is 1. The lowest BCUT2D eigenvalue weighted by Crippen LogP contribution is -1.88. The van der Waals surface area contributed by atoms with E-state index in [0.717, 1.165) is 0 Å². The minimum atomic E-state index is -1.00. The molecule has 1 rings (SSSR count). The van der Waals surface area contributed by atoms with Gasteiger partial charge in [-0.2, -0.15) is 0 Å². The predicted molar refractivity (Wildman–Crippen MR) is 40.6 cm³/mol. The third-order valence-electron chi connectivity index (χ3n) is 1.30. The molecule has 1 aromatic carbocycles. The Hall–Kier alpha value is -0.640. The molecule has 0 saturated heterocycles. The Morgan fingerprint density at radius 1 is 1.45 bits per heavy atom. The van der Waals surface area contributed by atoms with Gasteiger partial charge < -0.3 is 5.11 Å². The summed E-state index contributed by atoms with van der Waals surface area (Å²) in [5.74, 6) is -1.10.